The Balaban J connectivity index is 1.25. The number of aryl methyl sites for hydroxylation is 1. The maximum atomic E-state index is 12.9. The number of nitrogens with zero attached hydrogens (tertiary/aromatic N) is 2. The molecule has 0 saturated heterocycles. The van der Waals surface area contributed by atoms with Crippen LogP contribution in [-0.4, -0.2) is 34.3 Å². The molecule has 34 heavy (non-hydrogen) atoms. The van der Waals surface area contributed by atoms with Crippen molar-refractivity contribution >= 4 is 22.8 Å². The summed E-state index contributed by atoms with van der Waals surface area (Å²) < 4.78 is 17.7. The minimum absolute atomic E-state index is 0.0851. The molecule has 0 spiro atoms. The third kappa shape index (κ3) is 4.33. The van der Waals surface area contributed by atoms with Gasteiger partial charge in [0, 0.05) is 19.5 Å². The molecule has 2 aliphatic rings. The first-order valence-corrected chi connectivity index (χ1v) is 11.4. The average molecular weight is 463 g/mol. The normalized spacial score (nSPS) is 15.3. The minimum atomic E-state index is -0.997. The number of hydrogen-bond acceptors (Lipinski definition) is 7. The van der Waals surface area contributed by atoms with Gasteiger partial charge in [-0.2, -0.15) is 0 Å². The monoisotopic (exact) mass is 463 g/mol. The molecule has 1 unspecified atom stereocenters. The average Bonchev–Trinajstić information content (AvgIpc) is 3.18. The Morgan fingerprint density at radius 3 is 2.85 bits per heavy atom. The van der Waals surface area contributed by atoms with Gasteiger partial charge in [-0.3, -0.25) is 14.2 Å². The number of carbonyl (C=O) groups is 2. The second-order valence-electron chi connectivity index (χ2n) is 8.48. The fraction of sp³-hybridized carbons (Fsp3) is 0.360. The summed E-state index contributed by atoms with van der Waals surface area (Å²) in [5.41, 5.74) is 1.46. The van der Waals surface area contributed by atoms with Gasteiger partial charge >= 0.3 is 5.97 Å². The lowest BCUT2D eigenvalue weighted by molar-refractivity contribution is -0.129. The molecule has 1 aromatic heterocycles. The second kappa shape index (κ2) is 9.17. The van der Waals surface area contributed by atoms with Gasteiger partial charge in [0.1, 0.15) is 5.82 Å². The lowest BCUT2D eigenvalue weighted by Gasteiger charge is -2.14. The maximum absolute atomic E-state index is 12.9. The molecular formula is C25H25N3O6. The van der Waals surface area contributed by atoms with Crippen LogP contribution in [0.2, 0.25) is 0 Å². The number of amides is 1. The Labute approximate surface area is 195 Å². The topological polar surface area (TPSA) is 109 Å². The van der Waals surface area contributed by atoms with E-state index in [1.165, 1.54) is 13.0 Å². The number of rotatable bonds is 5. The molecule has 9 heteroatoms. The highest BCUT2D eigenvalue weighted by Crippen LogP contribution is 2.32. The van der Waals surface area contributed by atoms with Crippen LogP contribution >= 0.6 is 0 Å². The van der Waals surface area contributed by atoms with Crippen molar-refractivity contribution in [3.8, 4) is 11.5 Å². The number of ether oxygens (including phenoxy) is 3. The molecule has 176 valence electrons. The number of aromatic nitrogens is 2. The van der Waals surface area contributed by atoms with Crippen molar-refractivity contribution in [2.45, 2.75) is 51.8 Å². The molecule has 9 nitrogen and oxygen atoms in total. The molecule has 0 fully saturated rings. The Morgan fingerprint density at radius 1 is 1.12 bits per heavy atom. The summed E-state index contributed by atoms with van der Waals surface area (Å²) >= 11 is 0. The SMILES string of the molecule is CC(OC(=O)c1ccc2c(=O)n3c(nc2c1)CCCCC3)C(=O)NCc1ccc2c(c1)OCO2. The quantitative estimate of drug-likeness (QED) is 0.580. The summed E-state index contributed by atoms with van der Waals surface area (Å²) in [5, 5.41) is 3.22. The Hall–Kier alpha value is -3.88. The third-order valence-corrected chi connectivity index (χ3v) is 6.11. The van der Waals surface area contributed by atoms with E-state index in [4.69, 9.17) is 14.2 Å². The number of hydrogen-bond donors (Lipinski definition) is 1. The van der Waals surface area contributed by atoms with Gasteiger partial charge < -0.3 is 19.5 Å². The van der Waals surface area contributed by atoms with E-state index in [-0.39, 0.29) is 24.5 Å². The summed E-state index contributed by atoms with van der Waals surface area (Å²) in [6.07, 6.45) is 2.74. The zero-order valence-electron chi connectivity index (χ0n) is 18.8. The van der Waals surface area contributed by atoms with Crippen LogP contribution in [0.3, 0.4) is 0 Å². The van der Waals surface area contributed by atoms with Crippen molar-refractivity contribution in [2.24, 2.45) is 0 Å². The number of esters is 1. The molecule has 0 bridgehead atoms. The molecule has 5 rings (SSSR count). The van der Waals surface area contributed by atoms with Gasteiger partial charge in [0.05, 0.1) is 16.5 Å². The Morgan fingerprint density at radius 2 is 1.97 bits per heavy atom. The second-order valence-corrected chi connectivity index (χ2v) is 8.48. The van der Waals surface area contributed by atoms with Crippen molar-refractivity contribution in [3.63, 3.8) is 0 Å². The predicted octanol–water partition coefficient (Wildman–Crippen LogP) is 2.71. The molecule has 1 amide bonds. The van der Waals surface area contributed by atoms with E-state index in [1.54, 1.807) is 28.8 Å². The fourth-order valence-corrected chi connectivity index (χ4v) is 4.21. The molecule has 3 heterocycles. The van der Waals surface area contributed by atoms with E-state index in [1.807, 2.05) is 6.07 Å². The zero-order chi connectivity index (χ0) is 23.7. The van der Waals surface area contributed by atoms with E-state index in [2.05, 4.69) is 10.3 Å². The molecule has 0 saturated carbocycles. The summed E-state index contributed by atoms with van der Waals surface area (Å²) in [6, 6.07) is 10.1. The van der Waals surface area contributed by atoms with Crippen molar-refractivity contribution in [3.05, 3.63) is 63.7 Å². The summed E-state index contributed by atoms with van der Waals surface area (Å²) in [6.45, 7) is 2.62. The van der Waals surface area contributed by atoms with Gasteiger partial charge in [0.2, 0.25) is 6.79 Å². The first-order chi connectivity index (χ1) is 16.5. The lowest BCUT2D eigenvalue weighted by Crippen LogP contribution is -2.35. The van der Waals surface area contributed by atoms with Crippen LogP contribution in [0, 0.1) is 0 Å². The molecule has 0 radical (unpaired) electrons. The van der Waals surface area contributed by atoms with Gasteiger partial charge in [0.15, 0.2) is 17.6 Å². The van der Waals surface area contributed by atoms with Gasteiger partial charge in [-0.1, -0.05) is 12.5 Å². The Bertz CT molecular complexity index is 1330. The van der Waals surface area contributed by atoms with E-state index < -0.39 is 18.0 Å². The first kappa shape index (κ1) is 21.9. The van der Waals surface area contributed by atoms with Crippen LogP contribution in [0.4, 0.5) is 0 Å². The highest BCUT2D eigenvalue weighted by Gasteiger charge is 2.21. The van der Waals surface area contributed by atoms with Crippen molar-refractivity contribution < 1.29 is 23.8 Å². The standard InChI is InChI=1S/C25H25N3O6/c1-15(23(29)26-13-16-6-9-20-21(11-16)33-14-32-20)34-25(31)17-7-8-18-19(12-17)27-22-5-3-2-4-10-28(22)24(18)30/h6-9,11-12,15H,2-5,10,13-14H2,1H3,(H,26,29). The summed E-state index contributed by atoms with van der Waals surface area (Å²) in [4.78, 5) is 42.7. The van der Waals surface area contributed by atoms with E-state index in [0.717, 1.165) is 37.1 Å². The van der Waals surface area contributed by atoms with Crippen molar-refractivity contribution in [1.29, 1.82) is 0 Å². The Kier molecular flexibility index (Phi) is 5.91. The van der Waals surface area contributed by atoms with Gasteiger partial charge in [-0.05, 0) is 55.7 Å². The smallest absolute Gasteiger partial charge is 0.338 e. The molecule has 2 aromatic carbocycles. The van der Waals surface area contributed by atoms with Crippen molar-refractivity contribution in [1.82, 2.24) is 14.9 Å². The fourth-order valence-electron chi connectivity index (χ4n) is 4.21. The first-order valence-electron chi connectivity index (χ1n) is 11.4. The number of benzene rings is 2. The van der Waals surface area contributed by atoms with Gasteiger partial charge in [-0.15, -0.1) is 0 Å². The maximum Gasteiger partial charge on any atom is 0.338 e. The molecule has 0 aliphatic carbocycles. The van der Waals surface area contributed by atoms with E-state index >= 15 is 0 Å². The van der Waals surface area contributed by atoms with Crippen LogP contribution in [-0.2, 0) is 29.0 Å². The summed E-state index contributed by atoms with van der Waals surface area (Å²) in [5.74, 6) is 0.975. The highest BCUT2D eigenvalue weighted by atomic mass is 16.7. The molecular weight excluding hydrogens is 438 g/mol. The predicted molar refractivity (Wildman–Crippen MR) is 123 cm³/mol. The molecule has 2 aliphatic heterocycles. The zero-order valence-corrected chi connectivity index (χ0v) is 18.8. The minimum Gasteiger partial charge on any atom is -0.454 e. The van der Waals surface area contributed by atoms with Crippen LogP contribution in [0.5, 0.6) is 11.5 Å². The van der Waals surface area contributed by atoms with Crippen molar-refractivity contribution in [2.75, 3.05) is 6.79 Å². The highest BCUT2D eigenvalue weighted by molar-refractivity contribution is 5.95. The largest absolute Gasteiger partial charge is 0.454 e. The number of fused-ring (bicyclic) bond motifs is 3. The van der Waals surface area contributed by atoms with Gasteiger partial charge in [-0.25, -0.2) is 9.78 Å². The van der Waals surface area contributed by atoms with Crippen LogP contribution < -0.4 is 20.3 Å². The number of nitrogens with one attached hydrogen (secondary N) is 1. The number of carbonyl (C=O) groups excluding carboxylic acids is 2. The van der Waals surface area contributed by atoms with E-state index in [9.17, 15) is 14.4 Å². The molecule has 1 atom stereocenters. The van der Waals surface area contributed by atoms with Crippen LogP contribution in [0.15, 0.2) is 41.2 Å². The van der Waals surface area contributed by atoms with Crippen LogP contribution in [0.1, 0.15) is 47.9 Å². The lowest BCUT2D eigenvalue weighted by atomic mass is 10.1. The van der Waals surface area contributed by atoms with E-state index in [0.29, 0.717) is 28.9 Å². The molecule has 1 N–H and O–H groups in total. The summed E-state index contributed by atoms with van der Waals surface area (Å²) in [7, 11) is 0. The van der Waals surface area contributed by atoms with Crippen LogP contribution in [0.25, 0.3) is 10.9 Å². The molecule has 3 aromatic rings. The van der Waals surface area contributed by atoms with Gasteiger partial charge in [0.25, 0.3) is 11.5 Å². The third-order valence-electron chi connectivity index (χ3n) is 6.11.